The molecule has 5 atom stereocenters. The largest absolute Gasteiger partial charge is 0.462 e. The Morgan fingerprint density at radius 2 is 1.97 bits per heavy atom. The predicted molar refractivity (Wildman–Crippen MR) is 124 cm³/mol. The lowest BCUT2D eigenvalue weighted by atomic mass is 10.0. The van der Waals surface area contributed by atoms with Crippen LogP contribution < -0.4 is 20.9 Å². The Kier molecular flexibility index (Phi) is 8.32. The van der Waals surface area contributed by atoms with E-state index in [2.05, 4.69) is 10.1 Å². The molecule has 35 heavy (non-hydrogen) atoms. The summed E-state index contributed by atoms with van der Waals surface area (Å²) in [4.78, 5) is 37.7. The van der Waals surface area contributed by atoms with Crippen molar-refractivity contribution in [1.29, 1.82) is 0 Å². The van der Waals surface area contributed by atoms with E-state index in [0.717, 1.165) is 16.8 Å². The molecule has 2 heterocycles. The third kappa shape index (κ3) is 7.11. The Morgan fingerprint density at radius 3 is 2.60 bits per heavy atom. The van der Waals surface area contributed by atoms with E-state index < -0.39 is 49.0 Å². The number of carbonyl (C=O) groups is 1. The summed E-state index contributed by atoms with van der Waals surface area (Å²) >= 11 is 0. The second-order valence-corrected chi connectivity index (χ2v) is 10.3. The van der Waals surface area contributed by atoms with E-state index in [1.165, 1.54) is 13.8 Å². The van der Waals surface area contributed by atoms with Gasteiger partial charge in [0.2, 0.25) is 0 Å². The van der Waals surface area contributed by atoms with Gasteiger partial charge in [0, 0.05) is 18.7 Å². The molecule has 0 spiro atoms. The second kappa shape index (κ2) is 10.9. The fourth-order valence-corrected chi connectivity index (χ4v) is 5.02. The van der Waals surface area contributed by atoms with Gasteiger partial charge in [0.05, 0.1) is 18.8 Å². The number of para-hydroxylation sites is 1. The molecule has 0 saturated carbocycles. The summed E-state index contributed by atoms with van der Waals surface area (Å²) in [5.74, 6) is -0.445. The average molecular weight is 513 g/mol. The van der Waals surface area contributed by atoms with E-state index in [1.807, 2.05) is 0 Å². The maximum Gasteiger partial charge on any atom is 0.459 e. The summed E-state index contributed by atoms with van der Waals surface area (Å²) in [7, 11) is -4.17. The summed E-state index contributed by atoms with van der Waals surface area (Å²) in [6.07, 6.45) is -1.70. The number of aromatic amines is 1. The zero-order valence-corrected chi connectivity index (χ0v) is 20.7. The Bertz CT molecular complexity index is 1180. The number of hydrogen-bond acceptors (Lipinski definition) is 8. The van der Waals surface area contributed by atoms with Crippen LogP contribution in [0.25, 0.3) is 0 Å². The maximum absolute atomic E-state index is 15.3. The van der Waals surface area contributed by atoms with Crippen LogP contribution in [0.1, 0.15) is 40.3 Å². The first-order valence-electron chi connectivity index (χ1n) is 11.0. The molecule has 2 N–H and O–H groups in total. The minimum Gasteiger partial charge on any atom is -0.462 e. The highest BCUT2D eigenvalue weighted by atomic mass is 31.2. The Labute approximate surface area is 201 Å². The van der Waals surface area contributed by atoms with Gasteiger partial charge in [0.25, 0.3) is 5.56 Å². The van der Waals surface area contributed by atoms with E-state index in [9.17, 15) is 18.9 Å². The first-order valence-corrected chi connectivity index (χ1v) is 12.6. The van der Waals surface area contributed by atoms with Gasteiger partial charge in [-0.15, -0.1) is 0 Å². The van der Waals surface area contributed by atoms with Gasteiger partial charge in [-0.2, -0.15) is 5.09 Å². The van der Waals surface area contributed by atoms with Crippen LogP contribution in [-0.4, -0.2) is 46.0 Å². The van der Waals surface area contributed by atoms with Gasteiger partial charge in [-0.05, 0) is 39.8 Å². The van der Waals surface area contributed by atoms with Crippen LogP contribution in [0.3, 0.4) is 0 Å². The van der Waals surface area contributed by atoms with Gasteiger partial charge >= 0.3 is 19.4 Å². The second-order valence-electron chi connectivity index (χ2n) is 8.64. The summed E-state index contributed by atoms with van der Waals surface area (Å²) in [5, 5.41) is 2.54. The number of benzene rings is 1. The van der Waals surface area contributed by atoms with Crippen molar-refractivity contribution < 1.29 is 32.3 Å². The van der Waals surface area contributed by atoms with Crippen LogP contribution in [0.5, 0.6) is 5.75 Å². The molecule has 1 fully saturated rings. The molecule has 0 bridgehead atoms. The Hall–Kier alpha value is -2.79. The van der Waals surface area contributed by atoms with Gasteiger partial charge in [0.1, 0.15) is 11.8 Å². The molecule has 11 nitrogen and oxygen atoms in total. The highest BCUT2D eigenvalue weighted by Gasteiger charge is 2.48. The van der Waals surface area contributed by atoms with Gasteiger partial charge in [-0.3, -0.25) is 23.7 Å². The van der Waals surface area contributed by atoms with E-state index in [-0.39, 0.29) is 24.9 Å². The van der Waals surface area contributed by atoms with Crippen molar-refractivity contribution in [3.8, 4) is 5.75 Å². The number of nitrogens with zero attached hydrogens (tertiary/aromatic N) is 1. The number of nitrogens with one attached hydrogen (secondary N) is 2. The molecule has 192 valence electrons. The van der Waals surface area contributed by atoms with E-state index in [1.54, 1.807) is 44.2 Å². The van der Waals surface area contributed by atoms with Gasteiger partial charge in [0.15, 0.2) is 11.9 Å². The molecule has 0 amide bonds. The van der Waals surface area contributed by atoms with Crippen LogP contribution in [0.15, 0.2) is 52.2 Å². The number of H-pyrrole nitrogens is 1. The standard InChI is InChI=1S/C22H29FN3O8P/c1-14(2)32-19(28)15(3)25-35(30,34-16-8-6-5-7-9-16)31-13-17-12-22(4,23)20(33-17)26-11-10-18(27)24-21(26)29/h5-11,14-15,17,20H,12-13H2,1-4H3,(H,25,30)(H,24,27,29)/t15-,17+,20-,22-,35-/m1/s1. The third-order valence-electron chi connectivity index (χ3n) is 5.02. The number of ether oxygens (including phenoxy) is 2. The zero-order chi connectivity index (χ0) is 25.8. The molecule has 0 radical (unpaired) electrons. The number of hydrogen-bond donors (Lipinski definition) is 2. The Morgan fingerprint density at radius 1 is 1.29 bits per heavy atom. The minimum atomic E-state index is -4.17. The van der Waals surface area contributed by atoms with Crippen molar-refractivity contribution in [2.45, 2.75) is 64.3 Å². The van der Waals surface area contributed by atoms with Crippen LogP contribution in [-0.2, 0) is 23.4 Å². The number of esters is 1. The quantitative estimate of drug-likeness (QED) is 0.363. The van der Waals surface area contributed by atoms with E-state index >= 15 is 4.39 Å². The zero-order valence-electron chi connectivity index (χ0n) is 19.8. The molecule has 0 unspecified atom stereocenters. The summed E-state index contributed by atoms with van der Waals surface area (Å²) in [6, 6.07) is 8.20. The number of alkyl halides is 1. The number of halogens is 1. The molecule has 3 rings (SSSR count). The predicted octanol–water partition coefficient (Wildman–Crippen LogP) is 2.69. The van der Waals surface area contributed by atoms with Crippen molar-refractivity contribution in [2.75, 3.05) is 6.61 Å². The van der Waals surface area contributed by atoms with Crippen molar-refractivity contribution in [1.82, 2.24) is 14.6 Å². The van der Waals surface area contributed by atoms with Gasteiger partial charge < -0.3 is 14.0 Å². The lowest BCUT2D eigenvalue weighted by molar-refractivity contribution is -0.149. The minimum absolute atomic E-state index is 0.195. The molecule has 1 saturated heterocycles. The lowest BCUT2D eigenvalue weighted by Crippen LogP contribution is -2.38. The highest BCUT2D eigenvalue weighted by molar-refractivity contribution is 7.52. The molecule has 2 aromatic rings. The van der Waals surface area contributed by atoms with Crippen LogP contribution >= 0.6 is 7.75 Å². The number of rotatable bonds is 10. The summed E-state index contributed by atoms with van der Waals surface area (Å²) in [6.45, 7) is 5.67. The molecule has 13 heteroatoms. The van der Waals surface area contributed by atoms with Crippen molar-refractivity contribution in [3.05, 3.63) is 63.4 Å². The molecular formula is C22H29FN3O8P. The van der Waals surface area contributed by atoms with E-state index in [4.69, 9.17) is 18.5 Å². The average Bonchev–Trinajstić information content (AvgIpc) is 3.06. The molecule has 1 aromatic carbocycles. The van der Waals surface area contributed by atoms with Gasteiger partial charge in [-0.1, -0.05) is 18.2 Å². The highest BCUT2D eigenvalue weighted by Crippen LogP contribution is 2.47. The van der Waals surface area contributed by atoms with Gasteiger partial charge in [-0.25, -0.2) is 13.8 Å². The first-order chi connectivity index (χ1) is 16.4. The maximum atomic E-state index is 15.3. The Balaban J connectivity index is 1.75. The van der Waals surface area contributed by atoms with Crippen molar-refractivity contribution in [3.63, 3.8) is 0 Å². The molecule has 1 aromatic heterocycles. The smallest absolute Gasteiger partial charge is 0.459 e. The SMILES string of the molecule is CC(C)OC(=O)[C@@H](C)N[P@@](=O)(OC[C@@H]1C[C@@](C)(F)[C@H](n2ccc(=O)[nH]c2=O)O1)Oc1ccccc1. The van der Waals surface area contributed by atoms with Crippen LogP contribution in [0.2, 0.25) is 0 Å². The molecule has 1 aliphatic rings. The van der Waals surface area contributed by atoms with E-state index in [0.29, 0.717) is 0 Å². The lowest BCUT2D eigenvalue weighted by Gasteiger charge is -2.24. The first kappa shape index (κ1) is 26.8. The molecular weight excluding hydrogens is 484 g/mol. The normalized spacial score (nSPS) is 24.6. The third-order valence-corrected chi connectivity index (χ3v) is 6.67. The topological polar surface area (TPSA) is 138 Å². The summed E-state index contributed by atoms with van der Waals surface area (Å²) < 4.78 is 51.7. The van der Waals surface area contributed by atoms with Crippen molar-refractivity contribution >= 4 is 13.7 Å². The number of carbonyl (C=O) groups excluding carboxylic acids is 1. The van der Waals surface area contributed by atoms with Crippen LogP contribution in [0.4, 0.5) is 4.39 Å². The molecule has 1 aliphatic heterocycles. The fourth-order valence-electron chi connectivity index (χ4n) is 3.50. The number of aromatic nitrogens is 2. The van der Waals surface area contributed by atoms with Crippen molar-refractivity contribution in [2.24, 2.45) is 0 Å². The van der Waals surface area contributed by atoms with Crippen LogP contribution in [0, 0.1) is 0 Å². The monoisotopic (exact) mass is 513 g/mol. The molecule has 0 aliphatic carbocycles. The summed E-state index contributed by atoms with van der Waals surface area (Å²) in [5.41, 5.74) is -3.45. The fraction of sp³-hybridized carbons (Fsp3) is 0.500.